The van der Waals surface area contributed by atoms with Crippen LogP contribution in [0.25, 0.3) is 10.2 Å². The zero-order valence-electron chi connectivity index (χ0n) is 22.6. The molecule has 2 saturated heterocycles. The van der Waals surface area contributed by atoms with E-state index >= 15 is 0 Å². The van der Waals surface area contributed by atoms with Gasteiger partial charge in [0.15, 0.2) is 0 Å². The van der Waals surface area contributed by atoms with Crippen LogP contribution in [0.3, 0.4) is 0 Å². The van der Waals surface area contributed by atoms with E-state index in [1.165, 1.54) is 21.4 Å². The molecule has 0 amide bonds. The summed E-state index contributed by atoms with van der Waals surface area (Å²) in [7, 11) is 0. The summed E-state index contributed by atoms with van der Waals surface area (Å²) in [6.45, 7) is 13.5. The molecule has 0 radical (unpaired) electrons. The fourth-order valence-electron chi connectivity index (χ4n) is 5.68. The Labute approximate surface area is 229 Å². The van der Waals surface area contributed by atoms with E-state index in [2.05, 4.69) is 63.2 Å². The topological polar surface area (TPSA) is 72.0 Å². The Balaban J connectivity index is 0.994. The molecule has 38 heavy (non-hydrogen) atoms. The highest BCUT2D eigenvalue weighted by molar-refractivity contribution is 7.18. The first kappa shape index (κ1) is 26.0. The minimum absolute atomic E-state index is 0.146. The number of nitrogens with one attached hydrogen (secondary N) is 1. The van der Waals surface area contributed by atoms with Crippen molar-refractivity contribution in [1.29, 1.82) is 0 Å². The van der Waals surface area contributed by atoms with Crippen molar-refractivity contribution >= 4 is 27.4 Å². The monoisotopic (exact) mass is 537 g/mol. The SMILES string of the molecule is CC1(C)Cc2c(sc3ncnc(NC4CCN(Cc5ccc(OCCN6CCOCC6)cc5)CC4)c23)CO1. The number of anilines is 1. The first-order valence-electron chi connectivity index (χ1n) is 13.9. The Kier molecular flexibility index (Phi) is 7.81. The molecule has 0 saturated carbocycles. The van der Waals surface area contributed by atoms with Crippen LogP contribution in [0, 0.1) is 0 Å². The summed E-state index contributed by atoms with van der Waals surface area (Å²) >= 11 is 1.75. The number of benzene rings is 1. The number of aromatic nitrogens is 2. The Bertz CT molecular complexity index is 1220. The normalized spacial score (nSPS) is 20.9. The minimum atomic E-state index is -0.146. The molecular weight excluding hydrogens is 498 g/mol. The van der Waals surface area contributed by atoms with Gasteiger partial charge in [-0.2, -0.15) is 0 Å². The van der Waals surface area contributed by atoms with Crippen LogP contribution >= 0.6 is 11.3 Å². The molecular formula is C29H39N5O3S. The summed E-state index contributed by atoms with van der Waals surface area (Å²) in [5.41, 5.74) is 2.56. The molecule has 1 N–H and O–H groups in total. The van der Waals surface area contributed by atoms with Gasteiger partial charge in [-0.1, -0.05) is 12.1 Å². The molecule has 8 nitrogen and oxygen atoms in total. The highest BCUT2D eigenvalue weighted by Gasteiger charge is 2.31. The van der Waals surface area contributed by atoms with E-state index in [0.717, 1.165) is 94.7 Å². The largest absolute Gasteiger partial charge is 0.492 e. The van der Waals surface area contributed by atoms with Gasteiger partial charge >= 0.3 is 0 Å². The number of thiophene rings is 1. The molecule has 3 aromatic rings. The van der Waals surface area contributed by atoms with Crippen LogP contribution in [0.4, 0.5) is 5.82 Å². The lowest BCUT2D eigenvalue weighted by Gasteiger charge is -2.33. The molecule has 9 heteroatoms. The van der Waals surface area contributed by atoms with E-state index in [9.17, 15) is 0 Å². The number of rotatable bonds is 8. The summed E-state index contributed by atoms with van der Waals surface area (Å²) in [6.07, 6.45) is 4.81. The number of likely N-dealkylation sites (tertiary alicyclic amines) is 1. The maximum Gasteiger partial charge on any atom is 0.138 e. The zero-order valence-corrected chi connectivity index (χ0v) is 23.4. The van der Waals surface area contributed by atoms with Crippen molar-refractivity contribution in [2.45, 2.75) is 57.9 Å². The smallest absolute Gasteiger partial charge is 0.138 e. The summed E-state index contributed by atoms with van der Waals surface area (Å²) in [5, 5.41) is 4.99. The zero-order chi connectivity index (χ0) is 26.0. The fraction of sp³-hybridized carbons (Fsp3) is 0.586. The molecule has 5 heterocycles. The van der Waals surface area contributed by atoms with E-state index in [-0.39, 0.29) is 5.60 Å². The third-order valence-corrected chi connectivity index (χ3v) is 9.02. The van der Waals surface area contributed by atoms with Crippen molar-refractivity contribution in [3.05, 3.63) is 46.6 Å². The molecule has 3 aliphatic heterocycles. The quantitative estimate of drug-likeness (QED) is 0.455. The van der Waals surface area contributed by atoms with Crippen LogP contribution in [-0.4, -0.2) is 84.0 Å². The molecule has 0 bridgehead atoms. The molecule has 204 valence electrons. The van der Waals surface area contributed by atoms with Crippen LogP contribution in [0.5, 0.6) is 5.75 Å². The van der Waals surface area contributed by atoms with Gasteiger partial charge in [0, 0.05) is 56.6 Å². The van der Waals surface area contributed by atoms with Crippen molar-refractivity contribution in [3.63, 3.8) is 0 Å². The van der Waals surface area contributed by atoms with Crippen LogP contribution in [0.15, 0.2) is 30.6 Å². The van der Waals surface area contributed by atoms with Crippen LogP contribution < -0.4 is 10.1 Å². The molecule has 0 unspecified atom stereocenters. The summed E-state index contributed by atoms with van der Waals surface area (Å²) in [6, 6.07) is 9.05. The summed E-state index contributed by atoms with van der Waals surface area (Å²) < 4.78 is 17.4. The summed E-state index contributed by atoms with van der Waals surface area (Å²) in [4.78, 5) is 16.6. The van der Waals surface area contributed by atoms with Gasteiger partial charge in [0.1, 0.15) is 29.3 Å². The number of morpholine rings is 1. The van der Waals surface area contributed by atoms with Gasteiger partial charge in [-0.3, -0.25) is 9.80 Å². The van der Waals surface area contributed by atoms with Crippen LogP contribution in [0.2, 0.25) is 0 Å². The Morgan fingerprint density at radius 3 is 2.63 bits per heavy atom. The van der Waals surface area contributed by atoms with E-state index in [1.807, 2.05) is 0 Å². The third kappa shape index (κ3) is 6.13. The lowest BCUT2D eigenvalue weighted by Crippen LogP contribution is -2.39. The molecule has 0 spiro atoms. The van der Waals surface area contributed by atoms with E-state index in [1.54, 1.807) is 17.7 Å². The number of ether oxygens (including phenoxy) is 3. The maximum absolute atomic E-state index is 6.04. The maximum atomic E-state index is 6.04. The summed E-state index contributed by atoms with van der Waals surface area (Å²) in [5.74, 6) is 1.94. The molecule has 3 aliphatic rings. The Hall–Kier alpha value is -2.30. The van der Waals surface area contributed by atoms with Gasteiger partial charge < -0.3 is 19.5 Å². The second kappa shape index (κ2) is 11.4. The van der Waals surface area contributed by atoms with E-state index < -0.39 is 0 Å². The molecule has 0 atom stereocenters. The van der Waals surface area contributed by atoms with Gasteiger partial charge in [-0.15, -0.1) is 11.3 Å². The molecule has 1 aromatic carbocycles. The number of hydrogen-bond donors (Lipinski definition) is 1. The molecule has 2 aromatic heterocycles. The Morgan fingerprint density at radius 1 is 1.05 bits per heavy atom. The van der Waals surface area contributed by atoms with Gasteiger partial charge in [0.25, 0.3) is 0 Å². The third-order valence-electron chi connectivity index (χ3n) is 7.91. The van der Waals surface area contributed by atoms with Gasteiger partial charge in [0.05, 0.1) is 30.8 Å². The van der Waals surface area contributed by atoms with Crippen LogP contribution in [-0.2, 0) is 29.0 Å². The molecule has 6 rings (SSSR count). The van der Waals surface area contributed by atoms with Crippen LogP contribution in [0.1, 0.15) is 42.7 Å². The number of piperidine rings is 1. The highest BCUT2D eigenvalue weighted by atomic mass is 32.1. The Morgan fingerprint density at radius 2 is 1.84 bits per heavy atom. The number of nitrogens with zero attached hydrogens (tertiary/aromatic N) is 4. The highest BCUT2D eigenvalue weighted by Crippen LogP contribution is 2.40. The minimum Gasteiger partial charge on any atom is -0.492 e. The first-order valence-corrected chi connectivity index (χ1v) is 14.7. The predicted octanol–water partition coefficient (Wildman–Crippen LogP) is 4.33. The second-order valence-electron chi connectivity index (χ2n) is 11.3. The average Bonchev–Trinajstić information content (AvgIpc) is 3.29. The first-order chi connectivity index (χ1) is 18.5. The lowest BCUT2D eigenvalue weighted by molar-refractivity contribution is -0.0379. The van der Waals surface area contributed by atoms with Crippen molar-refractivity contribution in [2.75, 3.05) is 57.9 Å². The lowest BCUT2D eigenvalue weighted by atomic mass is 9.94. The number of hydrogen-bond acceptors (Lipinski definition) is 9. The predicted molar refractivity (Wildman–Crippen MR) is 151 cm³/mol. The van der Waals surface area contributed by atoms with Crippen molar-refractivity contribution < 1.29 is 14.2 Å². The fourth-order valence-corrected chi connectivity index (χ4v) is 6.75. The van der Waals surface area contributed by atoms with Crippen molar-refractivity contribution in [1.82, 2.24) is 19.8 Å². The van der Waals surface area contributed by atoms with Crippen molar-refractivity contribution in [2.24, 2.45) is 0 Å². The number of fused-ring (bicyclic) bond motifs is 3. The standard InChI is InChI=1S/C29H39N5O3S/c1-29(2)17-24-25(19-37-29)38-28-26(24)27(30-20-31-28)32-22-7-9-34(10-8-22)18-21-3-5-23(6-4-21)36-16-13-33-11-14-35-15-12-33/h3-6,20,22H,7-19H2,1-2H3,(H,30,31,32). The van der Waals surface area contributed by atoms with Crippen molar-refractivity contribution in [3.8, 4) is 5.75 Å². The van der Waals surface area contributed by atoms with E-state index in [0.29, 0.717) is 12.6 Å². The molecule has 2 fully saturated rings. The van der Waals surface area contributed by atoms with E-state index in [4.69, 9.17) is 14.2 Å². The molecule has 0 aliphatic carbocycles. The van der Waals surface area contributed by atoms with Gasteiger partial charge in [0.2, 0.25) is 0 Å². The van der Waals surface area contributed by atoms with Gasteiger partial charge in [-0.05, 0) is 49.9 Å². The second-order valence-corrected chi connectivity index (χ2v) is 12.4. The van der Waals surface area contributed by atoms with Gasteiger partial charge in [-0.25, -0.2) is 9.97 Å². The average molecular weight is 538 g/mol.